The van der Waals surface area contributed by atoms with Crippen LogP contribution in [-0.4, -0.2) is 34.4 Å². The van der Waals surface area contributed by atoms with Crippen molar-refractivity contribution in [3.63, 3.8) is 0 Å². The first-order chi connectivity index (χ1) is 6.69. The first-order valence-electron chi connectivity index (χ1n) is 4.95. The molecule has 5 heteroatoms. The van der Waals surface area contributed by atoms with E-state index in [0.717, 1.165) is 12.8 Å². The highest BCUT2D eigenvalue weighted by Crippen LogP contribution is 2.27. The van der Waals surface area contributed by atoms with Gasteiger partial charge >= 0.3 is 0 Å². The van der Waals surface area contributed by atoms with Crippen molar-refractivity contribution >= 4 is 11.7 Å². The summed E-state index contributed by atoms with van der Waals surface area (Å²) in [5, 5.41) is 11.2. The maximum Gasteiger partial charge on any atom is 0.222 e. The Kier molecular flexibility index (Phi) is 3.73. The number of carbonyl (C=O) groups excluding carboxylic acids is 1. The lowest BCUT2D eigenvalue weighted by Gasteiger charge is -2.21. The standard InChI is InChI=1S/C9H17N3O2/c1-2-9(13)12(7-3-4-7)6-5-8(10)11-14/h7,14H,2-6H2,1H3,(H2,10,11). The molecule has 0 aliphatic heterocycles. The van der Waals surface area contributed by atoms with Crippen LogP contribution >= 0.6 is 0 Å². The average molecular weight is 199 g/mol. The van der Waals surface area contributed by atoms with E-state index in [1.165, 1.54) is 0 Å². The number of hydrogen-bond acceptors (Lipinski definition) is 3. The Balaban J connectivity index is 2.39. The van der Waals surface area contributed by atoms with E-state index in [2.05, 4.69) is 5.16 Å². The first-order valence-corrected chi connectivity index (χ1v) is 4.95. The van der Waals surface area contributed by atoms with Gasteiger partial charge in [-0.2, -0.15) is 0 Å². The lowest BCUT2D eigenvalue weighted by atomic mass is 10.3. The molecule has 14 heavy (non-hydrogen) atoms. The molecule has 0 heterocycles. The molecule has 0 unspecified atom stereocenters. The molecule has 1 fully saturated rings. The van der Waals surface area contributed by atoms with E-state index in [4.69, 9.17) is 10.9 Å². The first kappa shape index (κ1) is 10.8. The van der Waals surface area contributed by atoms with E-state index in [0.29, 0.717) is 25.4 Å². The summed E-state index contributed by atoms with van der Waals surface area (Å²) < 4.78 is 0. The lowest BCUT2D eigenvalue weighted by Crippen LogP contribution is -2.35. The van der Waals surface area contributed by atoms with Crippen LogP contribution in [0.4, 0.5) is 0 Å². The van der Waals surface area contributed by atoms with Crippen LogP contribution < -0.4 is 5.73 Å². The number of hydrogen-bond donors (Lipinski definition) is 2. The molecule has 0 bridgehead atoms. The second kappa shape index (κ2) is 4.83. The van der Waals surface area contributed by atoms with Gasteiger partial charge in [-0.25, -0.2) is 0 Å². The number of amides is 1. The van der Waals surface area contributed by atoms with Gasteiger partial charge in [0.05, 0.1) is 0 Å². The summed E-state index contributed by atoms with van der Waals surface area (Å²) in [6.07, 6.45) is 3.13. The predicted molar refractivity (Wildman–Crippen MR) is 53.1 cm³/mol. The van der Waals surface area contributed by atoms with Gasteiger partial charge in [-0.15, -0.1) is 0 Å². The molecule has 0 spiro atoms. The Labute approximate surface area is 83.6 Å². The molecule has 1 saturated carbocycles. The monoisotopic (exact) mass is 199 g/mol. The molecule has 0 aromatic carbocycles. The van der Waals surface area contributed by atoms with Crippen LogP contribution in [0.15, 0.2) is 5.16 Å². The van der Waals surface area contributed by atoms with Crippen LogP contribution in [0.1, 0.15) is 32.6 Å². The number of nitrogens with zero attached hydrogens (tertiary/aromatic N) is 2. The number of rotatable bonds is 5. The van der Waals surface area contributed by atoms with Crippen molar-refractivity contribution in [2.75, 3.05) is 6.54 Å². The highest BCUT2D eigenvalue weighted by molar-refractivity contribution is 5.81. The van der Waals surface area contributed by atoms with E-state index < -0.39 is 0 Å². The van der Waals surface area contributed by atoms with E-state index >= 15 is 0 Å². The van der Waals surface area contributed by atoms with Gasteiger partial charge < -0.3 is 15.8 Å². The molecular formula is C9H17N3O2. The Hall–Kier alpha value is -1.26. The highest BCUT2D eigenvalue weighted by atomic mass is 16.4. The third-order valence-corrected chi connectivity index (χ3v) is 2.35. The van der Waals surface area contributed by atoms with Crippen LogP contribution in [0.25, 0.3) is 0 Å². The second-order valence-corrected chi connectivity index (χ2v) is 3.51. The fraction of sp³-hybridized carbons (Fsp3) is 0.778. The SMILES string of the molecule is CCC(=O)N(CCC(N)=NO)C1CC1. The van der Waals surface area contributed by atoms with Gasteiger partial charge in [0.25, 0.3) is 0 Å². The third-order valence-electron chi connectivity index (χ3n) is 2.35. The van der Waals surface area contributed by atoms with E-state index in [9.17, 15) is 4.79 Å². The van der Waals surface area contributed by atoms with Crippen molar-refractivity contribution in [1.82, 2.24) is 4.90 Å². The van der Waals surface area contributed by atoms with Crippen molar-refractivity contribution < 1.29 is 10.0 Å². The summed E-state index contributed by atoms with van der Waals surface area (Å²) in [4.78, 5) is 13.3. The number of nitrogens with two attached hydrogens (primary N) is 1. The number of oxime groups is 1. The van der Waals surface area contributed by atoms with Crippen LogP contribution in [0.5, 0.6) is 0 Å². The Morgan fingerprint density at radius 2 is 2.29 bits per heavy atom. The largest absolute Gasteiger partial charge is 0.409 e. The summed E-state index contributed by atoms with van der Waals surface area (Å²) >= 11 is 0. The lowest BCUT2D eigenvalue weighted by molar-refractivity contribution is -0.131. The normalized spacial score (nSPS) is 16.8. The van der Waals surface area contributed by atoms with Crippen molar-refractivity contribution in [2.45, 2.75) is 38.6 Å². The Bertz CT molecular complexity index is 236. The molecule has 1 aliphatic rings. The fourth-order valence-electron chi connectivity index (χ4n) is 1.39. The van der Waals surface area contributed by atoms with Crippen molar-refractivity contribution in [2.24, 2.45) is 10.9 Å². The fourth-order valence-corrected chi connectivity index (χ4v) is 1.39. The summed E-state index contributed by atoms with van der Waals surface area (Å²) in [6.45, 7) is 2.41. The van der Waals surface area contributed by atoms with Gasteiger partial charge in [-0.05, 0) is 12.8 Å². The van der Waals surface area contributed by atoms with Crippen molar-refractivity contribution in [3.05, 3.63) is 0 Å². The van der Waals surface area contributed by atoms with Gasteiger partial charge in [-0.1, -0.05) is 12.1 Å². The summed E-state index contributed by atoms with van der Waals surface area (Å²) in [6, 6.07) is 0.397. The molecule has 0 atom stereocenters. The van der Waals surface area contributed by atoms with Gasteiger partial charge in [-0.3, -0.25) is 4.79 Å². The minimum absolute atomic E-state index is 0.151. The van der Waals surface area contributed by atoms with Gasteiger partial charge in [0.1, 0.15) is 5.84 Å². The highest BCUT2D eigenvalue weighted by Gasteiger charge is 2.31. The summed E-state index contributed by atoms with van der Waals surface area (Å²) in [5.41, 5.74) is 5.35. The number of carbonyl (C=O) groups is 1. The average Bonchev–Trinajstić information content (AvgIpc) is 3.01. The topological polar surface area (TPSA) is 78.9 Å². The van der Waals surface area contributed by atoms with Crippen LogP contribution in [0, 0.1) is 0 Å². The van der Waals surface area contributed by atoms with Crippen molar-refractivity contribution in [3.8, 4) is 0 Å². The molecule has 3 N–H and O–H groups in total. The molecule has 1 rings (SSSR count). The summed E-state index contributed by atoms with van der Waals surface area (Å²) in [7, 11) is 0. The molecule has 1 aliphatic carbocycles. The minimum atomic E-state index is 0.151. The maximum atomic E-state index is 11.5. The molecule has 0 radical (unpaired) electrons. The molecule has 0 aromatic rings. The van der Waals surface area contributed by atoms with Crippen LogP contribution in [0.2, 0.25) is 0 Å². The van der Waals surface area contributed by atoms with Gasteiger partial charge in [0, 0.05) is 25.4 Å². The molecule has 0 saturated heterocycles. The molecule has 5 nitrogen and oxygen atoms in total. The second-order valence-electron chi connectivity index (χ2n) is 3.51. The zero-order valence-electron chi connectivity index (χ0n) is 8.44. The molecule has 80 valence electrons. The molecule has 1 amide bonds. The van der Waals surface area contributed by atoms with Gasteiger partial charge in [0.15, 0.2) is 0 Å². The predicted octanol–water partition coefficient (Wildman–Crippen LogP) is 0.524. The number of amidine groups is 1. The van der Waals surface area contributed by atoms with E-state index in [1.807, 2.05) is 11.8 Å². The zero-order chi connectivity index (χ0) is 10.6. The summed E-state index contributed by atoms with van der Waals surface area (Å²) in [5.74, 6) is 0.331. The Morgan fingerprint density at radius 3 is 2.71 bits per heavy atom. The molecular weight excluding hydrogens is 182 g/mol. The van der Waals surface area contributed by atoms with Crippen LogP contribution in [0.3, 0.4) is 0 Å². The minimum Gasteiger partial charge on any atom is -0.409 e. The third kappa shape index (κ3) is 2.90. The van der Waals surface area contributed by atoms with Gasteiger partial charge in [0.2, 0.25) is 5.91 Å². The maximum absolute atomic E-state index is 11.5. The molecule has 0 aromatic heterocycles. The van der Waals surface area contributed by atoms with Crippen LogP contribution in [-0.2, 0) is 4.79 Å². The van der Waals surface area contributed by atoms with E-state index in [-0.39, 0.29) is 11.7 Å². The van der Waals surface area contributed by atoms with Crippen molar-refractivity contribution in [1.29, 1.82) is 0 Å². The quantitative estimate of drug-likeness (QED) is 0.293. The van der Waals surface area contributed by atoms with E-state index in [1.54, 1.807) is 0 Å². The zero-order valence-corrected chi connectivity index (χ0v) is 8.44. The smallest absolute Gasteiger partial charge is 0.222 e. The Morgan fingerprint density at radius 1 is 1.64 bits per heavy atom.